The number of rotatable bonds is 9. The van der Waals surface area contributed by atoms with Crippen molar-refractivity contribution in [3.05, 3.63) is 95.8 Å². The van der Waals surface area contributed by atoms with Gasteiger partial charge in [0.15, 0.2) is 0 Å². The number of hydrogen-bond donors (Lipinski definition) is 2. The molecule has 3 aromatic carbocycles. The highest BCUT2D eigenvalue weighted by molar-refractivity contribution is 5.80. The number of anilines is 4. The summed E-state index contributed by atoms with van der Waals surface area (Å²) in [5, 5.41) is 7.52. The second-order valence-electron chi connectivity index (χ2n) is 8.23. The van der Waals surface area contributed by atoms with Gasteiger partial charge in [-0.1, -0.05) is 30.3 Å². The standard InChI is InChI=1S/C27H26FN7O2/c28-22-10-6-21(7-11-22)19-37-24-12-8-20(9-13-24)18-29-34-26-31-25(30-23-4-2-1-3-5-23)32-27(33-26)35-14-16-36-17-15-35/h1-13,18H,14-17,19H2,(H2,30,31,32,33,34)/b29-18+. The first-order valence-electron chi connectivity index (χ1n) is 11.9. The molecular weight excluding hydrogens is 473 g/mol. The molecule has 0 spiro atoms. The molecule has 1 aliphatic heterocycles. The number of morpholine rings is 1. The third-order valence-corrected chi connectivity index (χ3v) is 5.52. The molecule has 0 bridgehead atoms. The topological polar surface area (TPSA) is 96.8 Å². The molecule has 9 nitrogen and oxygen atoms in total. The second kappa shape index (κ2) is 11.9. The Kier molecular flexibility index (Phi) is 7.77. The minimum absolute atomic E-state index is 0.265. The smallest absolute Gasteiger partial charge is 0.250 e. The second-order valence-corrected chi connectivity index (χ2v) is 8.23. The van der Waals surface area contributed by atoms with Gasteiger partial charge >= 0.3 is 0 Å². The van der Waals surface area contributed by atoms with Gasteiger partial charge in [-0.2, -0.15) is 20.1 Å². The van der Waals surface area contributed by atoms with Crippen LogP contribution in [-0.4, -0.2) is 47.5 Å². The predicted molar refractivity (Wildman–Crippen MR) is 141 cm³/mol. The highest BCUT2D eigenvalue weighted by atomic mass is 19.1. The maximum absolute atomic E-state index is 13.0. The fourth-order valence-electron chi connectivity index (χ4n) is 3.59. The number of nitrogens with one attached hydrogen (secondary N) is 2. The molecule has 1 aromatic heterocycles. The summed E-state index contributed by atoms with van der Waals surface area (Å²) < 4.78 is 24.3. The molecule has 2 heterocycles. The average molecular weight is 500 g/mol. The highest BCUT2D eigenvalue weighted by Crippen LogP contribution is 2.19. The molecule has 0 aliphatic carbocycles. The molecule has 37 heavy (non-hydrogen) atoms. The molecule has 0 unspecified atom stereocenters. The first-order chi connectivity index (χ1) is 18.2. The number of halogens is 1. The van der Waals surface area contributed by atoms with E-state index >= 15 is 0 Å². The summed E-state index contributed by atoms with van der Waals surface area (Å²) in [6.45, 7) is 3.01. The SMILES string of the molecule is Fc1ccc(COc2ccc(/C=N/Nc3nc(Nc4ccccc4)nc(N4CCOCC4)n3)cc2)cc1. The Morgan fingerprint density at radius 3 is 2.38 bits per heavy atom. The molecule has 1 fully saturated rings. The van der Waals surface area contributed by atoms with E-state index in [2.05, 4.69) is 35.7 Å². The van der Waals surface area contributed by atoms with Crippen LogP contribution in [0.4, 0.5) is 27.9 Å². The third-order valence-electron chi connectivity index (χ3n) is 5.52. The normalized spacial score (nSPS) is 13.5. The summed E-state index contributed by atoms with van der Waals surface area (Å²) in [6.07, 6.45) is 1.67. The van der Waals surface area contributed by atoms with Gasteiger partial charge in [0.2, 0.25) is 17.8 Å². The lowest BCUT2D eigenvalue weighted by atomic mass is 10.2. The maximum Gasteiger partial charge on any atom is 0.250 e. The summed E-state index contributed by atoms with van der Waals surface area (Å²) in [5.41, 5.74) is 5.55. The predicted octanol–water partition coefficient (Wildman–Crippen LogP) is 4.62. The Morgan fingerprint density at radius 1 is 0.892 bits per heavy atom. The fraction of sp³-hybridized carbons (Fsp3) is 0.185. The minimum atomic E-state index is -0.265. The van der Waals surface area contributed by atoms with E-state index in [0.29, 0.717) is 56.5 Å². The van der Waals surface area contributed by atoms with E-state index in [0.717, 1.165) is 16.8 Å². The molecule has 1 aliphatic rings. The number of hydrogen-bond acceptors (Lipinski definition) is 9. The van der Waals surface area contributed by atoms with Gasteiger partial charge in [0.05, 0.1) is 19.4 Å². The molecular formula is C27H26FN7O2. The van der Waals surface area contributed by atoms with Crippen molar-refractivity contribution in [2.45, 2.75) is 6.61 Å². The molecule has 4 aromatic rings. The van der Waals surface area contributed by atoms with E-state index in [-0.39, 0.29) is 5.82 Å². The van der Waals surface area contributed by atoms with Gasteiger partial charge in [0.1, 0.15) is 18.2 Å². The molecule has 0 atom stereocenters. The summed E-state index contributed by atoms with van der Waals surface area (Å²) in [7, 11) is 0. The van der Waals surface area contributed by atoms with Gasteiger partial charge < -0.3 is 19.7 Å². The van der Waals surface area contributed by atoms with Crippen molar-refractivity contribution >= 4 is 29.7 Å². The van der Waals surface area contributed by atoms with E-state index in [1.165, 1.54) is 12.1 Å². The van der Waals surface area contributed by atoms with Crippen LogP contribution in [-0.2, 0) is 11.3 Å². The van der Waals surface area contributed by atoms with Crippen LogP contribution in [0, 0.1) is 5.82 Å². The number of aromatic nitrogens is 3. The van der Waals surface area contributed by atoms with E-state index < -0.39 is 0 Å². The maximum atomic E-state index is 13.0. The zero-order valence-corrected chi connectivity index (χ0v) is 20.0. The first kappa shape index (κ1) is 24.1. The molecule has 0 amide bonds. The first-order valence-corrected chi connectivity index (χ1v) is 11.9. The fourth-order valence-corrected chi connectivity index (χ4v) is 3.59. The summed E-state index contributed by atoms with van der Waals surface area (Å²) in [5.74, 6) is 1.74. The number of hydrazone groups is 1. The third kappa shape index (κ3) is 6.98. The Morgan fingerprint density at radius 2 is 1.62 bits per heavy atom. The van der Waals surface area contributed by atoms with Gasteiger partial charge in [-0.15, -0.1) is 0 Å². The molecule has 5 rings (SSSR count). The van der Waals surface area contributed by atoms with Crippen LogP contribution in [0.15, 0.2) is 84.0 Å². The van der Waals surface area contributed by atoms with Crippen molar-refractivity contribution in [1.29, 1.82) is 0 Å². The molecule has 0 radical (unpaired) electrons. The zero-order valence-electron chi connectivity index (χ0n) is 20.0. The lowest BCUT2D eigenvalue weighted by Crippen LogP contribution is -2.37. The highest BCUT2D eigenvalue weighted by Gasteiger charge is 2.16. The summed E-state index contributed by atoms with van der Waals surface area (Å²) in [6, 6.07) is 23.4. The van der Waals surface area contributed by atoms with E-state index in [1.807, 2.05) is 54.6 Å². The molecule has 2 N–H and O–H groups in total. The minimum Gasteiger partial charge on any atom is -0.489 e. The number of ether oxygens (including phenoxy) is 2. The van der Waals surface area contributed by atoms with Crippen molar-refractivity contribution in [2.24, 2.45) is 5.10 Å². The van der Waals surface area contributed by atoms with Gasteiger partial charge in [-0.25, -0.2) is 9.82 Å². The van der Waals surface area contributed by atoms with Crippen LogP contribution in [0.1, 0.15) is 11.1 Å². The Hall–Kier alpha value is -4.57. The van der Waals surface area contributed by atoms with Gasteiger partial charge in [-0.3, -0.25) is 0 Å². The van der Waals surface area contributed by atoms with Crippen molar-refractivity contribution in [2.75, 3.05) is 41.9 Å². The van der Waals surface area contributed by atoms with Crippen molar-refractivity contribution < 1.29 is 13.9 Å². The molecule has 0 saturated carbocycles. The van der Waals surface area contributed by atoms with Crippen LogP contribution in [0.3, 0.4) is 0 Å². The number of nitrogens with zero attached hydrogens (tertiary/aromatic N) is 5. The molecule has 1 saturated heterocycles. The number of benzene rings is 3. The van der Waals surface area contributed by atoms with Crippen LogP contribution in [0.2, 0.25) is 0 Å². The van der Waals surface area contributed by atoms with Gasteiger partial charge in [0, 0.05) is 18.8 Å². The van der Waals surface area contributed by atoms with Crippen molar-refractivity contribution in [3.63, 3.8) is 0 Å². The van der Waals surface area contributed by atoms with Crippen LogP contribution >= 0.6 is 0 Å². The monoisotopic (exact) mass is 499 g/mol. The summed E-state index contributed by atoms with van der Waals surface area (Å²) in [4.78, 5) is 15.7. The molecule has 10 heteroatoms. The van der Waals surface area contributed by atoms with Gasteiger partial charge in [0.25, 0.3) is 0 Å². The zero-order chi connectivity index (χ0) is 25.3. The lowest BCUT2D eigenvalue weighted by Gasteiger charge is -2.27. The average Bonchev–Trinajstić information content (AvgIpc) is 2.94. The molecule has 188 valence electrons. The van der Waals surface area contributed by atoms with Crippen LogP contribution < -0.4 is 20.4 Å². The largest absolute Gasteiger partial charge is 0.489 e. The van der Waals surface area contributed by atoms with E-state index in [9.17, 15) is 4.39 Å². The van der Waals surface area contributed by atoms with Crippen molar-refractivity contribution in [3.8, 4) is 5.75 Å². The van der Waals surface area contributed by atoms with E-state index in [4.69, 9.17) is 9.47 Å². The van der Waals surface area contributed by atoms with Gasteiger partial charge in [-0.05, 0) is 59.7 Å². The number of para-hydroxylation sites is 1. The summed E-state index contributed by atoms with van der Waals surface area (Å²) >= 11 is 0. The van der Waals surface area contributed by atoms with E-state index in [1.54, 1.807) is 18.3 Å². The van der Waals surface area contributed by atoms with Crippen LogP contribution in [0.25, 0.3) is 0 Å². The lowest BCUT2D eigenvalue weighted by molar-refractivity contribution is 0.122. The van der Waals surface area contributed by atoms with Crippen LogP contribution in [0.5, 0.6) is 5.75 Å². The quantitative estimate of drug-likeness (QED) is 0.255. The Bertz CT molecular complexity index is 1310. The Balaban J connectivity index is 1.24. The van der Waals surface area contributed by atoms with Crippen molar-refractivity contribution in [1.82, 2.24) is 15.0 Å². The Labute approximate surface area is 214 Å².